The molecule has 168 valence electrons. The minimum absolute atomic E-state index is 0.282. The number of esters is 1. The van der Waals surface area contributed by atoms with Crippen molar-refractivity contribution < 1.29 is 18.7 Å². The van der Waals surface area contributed by atoms with E-state index in [1.54, 1.807) is 24.3 Å². The predicted molar refractivity (Wildman–Crippen MR) is 132 cm³/mol. The molecule has 34 heavy (non-hydrogen) atoms. The van der Waals surface area contributed by atoms with E-state index in [2.05, 4.69) is 10.3 Å². The molecule has 1 heterocycles. The zero-order valence-electron chi connectivity index (χ0n) is 17.5. The van der Waals surface area contributed by atoms with Gasteiger partial charge in [-0.15, -0.1) is 0 Å². The van der Waals surface area contributed by atoms with E-state index in [1.807, 2.05) is 48.5 Å². The molecule has 0 saturated heterocycles. The summed E-state index contributed by atoms with van der Waals surface area (Å²) in [4.78, 5) is 29.9. The van der Waals surface area contributed by atoms with Crippen LogP contribution in [0.1, 0.15) is 10.4 Å². The van der Waals surface area contributed by atoms with Gasteiger partial charge in [-0.3, -0.25) is 4.79 Å². The van der Waals surface area contributed by atoms with Crippen molar-refractivity contribution in [3.8, 4) is 11.5 Å². The van der Waals surface area contributed by atoms with Crippen LogP contribution in [-0.2, 0) is 9.53 Å². The molecule has 5 aromatic rings. The maximum Gasteiger partial charge on any atom is 0.339 e. The lowest BCUT2D eigenvalue weighted by molar-refractivity contribution is -0.119. The van der Waals surface area contributed by atoms with Crippen LogP contribution in [0, 0.1) is 0 Å². The van der Waals surface area contributed by atoms with Crippen molar-refractivity contribution in [3.05, 3.63) is 94.5 Å². The summed E-state index contributed by atoms with van der Waals surface area (Å²) in [5.41, 5.74) is 2.68. The second kappa shape index (κ2) is 9.17. The van der Waals surface area contributed by atoms with E-state index >= 15 is 0 Å². The maximum atomic E-state index is 13.0. The fourth-order valence-electron chi connectivity index (χ4n) is 3.66. The van der Waals surface area contributed by atoms with E-state index < -0.39 is 18.5 Å². The van der Waals surface area contributed by atoms with Gasteiger partial charge >= 0.3 is 5.97 Å². The van der Waals surface area contributed by atoms with Crippen molar-refractivity contribution in [3.63, 3.8) is 0 Å². The lowest BCUT2D eigenvalue weighted by Crippen LogP contribution is -2.21. The van der Waals surface area contributed by atoms with Crippen molar-refractivity contribution in [2.24, 2.45) is 0 Å². The number of hydrogen-bond donors (Lipinski definition) is 1. The summed E-state index contributed by atoms with van der Waals surface area (Å²) >= 11 is 12.0. The lowest BCUT2D eigenvalue weighted by atomic mass is 9.99. The van der Waals surface area contributed by atoms with Gasteiger partial charge in [0.1, 0.15) is 5.52 Å². The predicted octanol–water partition coefficient (Wildman–Crippen LogP) is 6.75. The molecule has 6 nitrogen and oxygen atoms in total. The molecule has 0 aliphatic heterocycles. The Bertz CT molecular complexity index is 1520. The summed E-state index contributed by atoms with van der Waals surface area (Å²) in [5.74, 6) is -0.786. The summed E-state index contributed by atoms with van der Waals surface area (Å²) < 4.78 is 11.2. The van der Waals surface area contributed by atoms with Crippen LogP contribution in [0.25, 0.3) is 33.3 Å². The van der Waals surface area contributed by atoms with Crippen LogP contribution in [0.2, 0.25) is 10.0 Å². The van der Waals surface area contributed by atoms with Gasteiger partial charge in [-0.1, -0.05) is 59.6 Å². The number of nitrogens with zero attached hydrogens (tertiary/aromatic N) is 1. The smallest absolute Gasteiger partial charge is 0.339 e. The molecule has 0 aliphatic carbocycles. The summed E-state index contributed by atoms with van der Waals surface area (Å²) in [5, 5.41) is 4.77. The number of oxazole rings is 1. The highest BCUT2D eigenvalue weighted by atomic mass is 35.5. The molecule has 5 rings (SSSR count). The molecular weight excluding hydrogens is 475 g/mol. The van der Waals surface area contributed by atoms with Crippen molar-refractivity contribution in [2.75, 3.05) is 11.9 Å². The molecule has 0 radical (unpaired) electrons. The van der Waals surface area contributed by atoms with E-state index in [1.165, 1.54) is 6.07 Å². The number of ether oxygens (including phenoxy) is 1. The summed E-state index contributed by atoms with van der Waals surface area (Å²) in [7, 11) is 0. The van der Waals surface area contributed by atoms with Crippen LogP contribution < -0.4 is 5.32 Å². The Balaban J connectivity index is 1.42. The molecular formula is C26H16Cl2N2O4. The van der Waals surface area contributed by atoms with Gasteiger partial charge in [-0.25, -0.2) is 9.78 Å². The van der Waals surface area contributed by atoms with Crippen LogP contribution in [0.5, 0.6) is 0 Å². The first-order chi connectivity index (χ1) is 16.5. The van der Waals surface area contributed by atoms with Crippen molar-refractivity contribution in [2.45, 2.75) is 0 Å². The number of rotatable bonds is 5. The first kappa shape index (κ1) is 21.9. The van der Waals surface area contributed by atoms with E-state index in [4.69, 9.17) is 32.4 Å². The van der Waals surface area contributed by atoms with Gasteiger partial charge in [0.15, 0.2) is 12.2 Å². The van der Waals surface area contributed by atoms with Crippen LogP contribution in [-0.4, -0.2) is 23.5 Å². The topological polar surface area (TPSA) is 81.4 Å². The summed E-state index contributed by atoms with van der Waals surface area (Å²) in [6.45, 7) is -0.487. The number of aromatic nitrogens is 1. The summed E-state index contributed by atoms with van der Waals surface area (Å²) in [6, 6.07) is 23.0. The first-order valence-electron chi connectivity index (χ1n) is 10.3. The number of fused-ring (bicyclic) bond motifs is 2. The molecule has 1 N–H and O–H groups in total. The maximum absolute atomic E-state index is 13.0. The molecule has 4 aromatic carbocycles. The molecule has 0 aliphatic rings. The Morgan fingerprint density at radius 3 is 2.53 bits per heavy atom. The SMILES string of the molecule is O=C(COC(=O)c1cccc2cccc(-c3nc4ccccc4o3)c12)Nc1ccc(Cl)cc1Cl. The number of amides is 1. The monoisotopic (exact) mass is 490 g/mol. The average molecular weight is 491 g/mol. The summed E-state index contributed by atoms with van der Waals surface area (Å²) in [6.07, 6.45) is 0. The van der Waals surface area contributed by atoms with E-state index in [0.717, 1.165) is 5.39 Å². The molecule has 0 saturated carbocycles. The van der Waals surface area contributed by atoms with Gasteiger partial charge in [0.2, 0.25) is 5.89 Å². The van der Waals surface area contributed by atoms with E-state index in [9.17, 15) is 9.59 Å². The van der Waals surface area contributed by atoms with Crippen molar-refractivity contribution in [1.29, 1.82) is 0 Å². The van der Waals surface area contributed by atoms with Crippen LogP contribution in [0.15, 0.2) is 83.3 Å². The Morgan fingerprint density at radius 2 is 1.74 bits per heavy atom. The number of anilines is 1. The molecule has 1 aromatic heterocycles. The first-order valence-corrected chi connectivity index (χ1v) is 11.0. The zero-order valence-corrected chi connectivity index (χ0v) is 19.1. The number of hydrogen-bond acceptors (Lipinski definition) is 5. The van der Waals surface area contributed by atoms with Gasteiger partial charge < -0.3 is 14.5 Å². The molecule has 8 heteroatoms. The number of benzene rings is 4. The fraction of sp³-hybridized carbons (Fsp3) is 0.0385. The second-order valence-electron chi connectivity index (χ2n) is 7.44. The van der Waals surface area contributed by atoms with Gasteiger partial charge in [0.25, 0.3) is 5.91 Å². The Morgan fingerprint density at radius 1 is 0.941 bits per heavy atom. The lowest BCUT2D eigenvalue weighted by Gasteiger charge is -2.11. The number of halogens is 2. The van der Waals surface area contributed by atoms with Crippen LogP contribution in [0.4, 0.5) is 5.69 Å². The van der Waals surface area contributed by atoms with E-state index in [0.29, 0.717) is 44.2 Å². The van der Waals surface area contributed by atoms with E-state index in [-0.39, 0.29) is 5.02 Å². The number of carbonyl (C=O) groups is 2. The Hall–Kier alpha value is -3.87. The third kappa shape index (κ3) is 4.33. The number of para-hydroxylation sites is 2. The minimum Gasteiger partial charge on any atom is -0.452 e. The third-order valence-corrected chi connectivity index (χ3v) is 5.74. The molecule has 1 amide bonds. The molecule has 0 atom stereocenters. The standard InChI is InChI=1S/C26H16Cl2N2O4/c27-16-11-12-20(19(28)13-16)29-23(31)14-33-26(32)18-8-4-6-15-5-3-7-17(24(15)18)25-30-21-9-1-2-10-22(21)34-25/h1-13H,14H2,(H,29,31). The average Bonchev–Trinajstić information content (AvgIpc) is 3.28. The third-order valence-electron chi connectivity index (χ3n) is 5.19. The Kier molecular flexibility index (Phi) is 5.92. The highest BCUT2D eigenvalue weighted by Crippen LogP contribution is 2.33. The quantitative estimate of drug-likeness (QED) is 0.275. The highest BCUT2D eigenvalue weighted by molar-refractivity contribution is 6.36. The largest absolute Gasteiger partial charge is 0.452 e. The highest BCUT2D eigenvalue weighted by Gasteiger charge is 2.19. The number of carbonyl (C=O) groups excluding carboxylic acids is 2. The van der Waals surface area contributed by atoms with Crippen molar-refractivity contribution >= 4 is 62.6 Å². The molecule has 0 unspecified atom stereocenters. The van der Waals surface area contributed by atoms with Gasteiger partial charge in [-0.05, 0) is 47.9 Å². The van der Waals surface area contributed by atoms with Gasteiger partial charge in [-0.2, -0.15) is 0 Å². The molecule has 0 spiro atoms. The Labute approximate surface area is 204 Å². The van der Waals surface area contributed by atoms with Crippen LogP contribution >= 0.6 is 23.2 Å². The molecule has 0 fully saturated rings. The normalized spacial score (nSPS) is 11.0. The van der Waals surface area contributed by atoms with Gasteiger partial charge in [0.05, 0.1) is 16.3 Å². The zero-order chi connectivity index (χ0) is 23.7. The second-order valence-corrected chi connectivity index (χ2v) is 8.29. The fourth-order valence-corrected chi connectivity index (χ4v) is 4.12. The number of nitrogens with one attached hydrogen (secondary N) is 1. The van der Waals surface area contributed by atoms with Crippen LogP contribution in [0.3, 0.4) is 0 Å². The molecule has 0 bridgehead atoms. The van der Waals surface area contributed by atoms with Crippen molar-refractivity contribution in [1.82, 2.24) is 4.98 Å². The minimum atomic E-state index is -0.647. The van der Waals surface area contributed by atoms with Gasteiger partial charge in [0, 0.05) is 16.0 Å².